The molecule has 5 heteroatoms. The molecular formula is C21H33NO3S. The van der Waals surface area contributed by atoms with Crippen molar-refractivity contribution in [3.8, 4) is 5.75 Å². The molecule has 26 heavy (non-hydrogen) atoms. The molecule has 0 radical (unpaired) electrons. The second kappa shape index (κ2) is 9.05. The van der Waals surface area contributed by atoms with Crippen LogP contribution in [0, 0.1) is 11.3 Å². The van der Waals surface area contributed by atoms with Crippen molar-refractivity contribution in [2.24, 2.45) is 11.3 Å². The molecular weight excluding hydrogens is 346 g/mol. The maximum absolute atomic E-state index is 12.3. The van der Waals surface area contributed by atoms with Crippen LogP contribution < -0.4 is 9.46 Å². The summed E-state index contributed by atoms with van der Waals surface area (Å²) in [6, 6.07) is 7.42. The normalized spacial score (nSPS) is 16.8. The molecule has 1 fully saturated rings. The van der Waals surface area contributed by atoms with Gasteiger partial charge in [-0.05, 0) is 61.6 Å². The van der Waals surface area contributed by atoms with E-state index >= 15 is 0 Å². The molecule has 146 valence electrons. The lowest BCUT2D eigenvalue weighted by Gasteiger charge is -2.16. The third-order valence-electron chi connectivity index (χ3n) is 4.35. The zero-order valence-electron chi connectivity index (χ0n) is 16.5. The molecule has 0 bridgehead atoms. The van der Waals surface area contributed by atoms with E-state index in [4.69, 9.17) is 4.74 Å². The number of hydrogen-bond donors (Lipinski definition) is 1. The fourth-order valence-corrected chi connectivity index (χ4v) is 3.79. The molecule has 1 atom stereocenters. The van der Waals surface area contributed by atoms with Crippen LogP contribution in [-0.2, 0) is 10.0 Å². The number of hydrogen-bond acceptors (Lipinski definition) is 3. The van der Waals surface area contributed by atoms with E-state index in [2.05, 4.69) is 31.6 Å². The van der Waals surface area contributed by atoms with Crippen molar-refractivity contribution in [2.45, 2.75) is 59.4 Å². The van der Waals surface area contributed by atoms with Gasteiger partial charge in [-0.25, -0.2) is 13.1 Å². The van der Waals surface area contributed by atoms with E-state index in [0.29, 0.717) is 12.3 Å². The number of benzene rings is 1. The lowest BCUT2D eigenvalue weighted by atomic mass is 9.92. The average Bonchev–Trinajstić information content (AvgIpc) is 3.35. The smallest absolute Gasteiger partial charge is 0.212 e. The first-order valence-electron chi connectivity index (χ1n) is 9.52. The monoisotopic (exact) mass is 379 g/mol. The molecule has 1 saturated carbocycles. The van der Waals surface area contributed by atoms with Gasteiger partial charge < -0.3 is 4.74 Å². The number of nitrogens with one attached hydrogen (secondary N) is 1. The van der Waals surface area contributed by atoms with E-state index in [9.17, 15) is 8.42 Å². The van der Waals surface area contributed by atoms with Crippen molar-refractivity contribution >= 4 is 10.0 Å². The van der Waals surface area contributed by atoms with E-state index in [1.54, 1.807) is 0 Å². The molecule has 0 saturated heterocycles. The Hall–Kier alpha value is -1.33. The highest BCUT2D eigenvalue weighted by atomic mass is 32.2. The van der Waals surface area contributed by atoms with Crippen LogP contribution in [-0.4, -0.2) is 20.8 Å². The fourth-order valence-electron chi connectivity index (χ4n) is 2.55. The van der Waals surface area contributed by atoms with Gasteiger partial charge in [0, 0.05) is 6.04 Å². The quantitative estimate of drug-likeness (QED) is 0.592. The summed E-state index contributed by atoms with van der Waals surface area (Å²) < 4.78 is 33.2. The van der Waals surface area contributed by atoms with Crippen molar-refractivity contribution in [2.75, 3.05) is 12.4 Å². The third-order valence-corrected chi connectivity index (χ3v) is 5.83. The first kappa shape index (κ1) is 21.0. The Labute approximate surface area is 159 Å². The molecule has 4 nitrogen and oxygen atoms in total. The van der Waals surface area contributed by atoms with Crippen molar-refractivity contribution < 1.29 is 13.2 Å². The van der Waals surface area contributed by atoms with Gasteiger partial charge in [-0.2, -0.15) is 0 Å². The maximum Gasteiger partial charge on any atom is 0.212 e. The Morgan fingerprint density at radius 1 is 1.27 bits per heavy atom. The summed E-state index contributed by atoms with van der Waals surface area (Å²) >= 11 is 0. The second-order valence-corrected chi connectivity index (χ2v) is 10.4. The largest absolute Gasteiger partial charge is 0.493 e. The highest BCUT2D eigenvalue weighted by Gasteiger charge is 2.22. The third kappa shape index (κ3) is 8.37. The Balaban J connectivity index is 1.82. The van der Waals surface area contributed by atoms with E-state index in [0.717, 1.165) is 24.3 Å². The molecule has 1 aliphatic rings. The number of ether oxygens (including phenoxy) is 1. The van der Waals surface area contributed by atoms with Gasteiger partial charge in [0.25, 0.3) is 0 Å². The second-order valence-electron chi connectivity index (χ2n) is 8.51. The van der Waals surface area contributed by atoms with Gasteiger partial charge in [0.15, 0.2) is 0 Å². The van der Waals surface area contributed by atoms with Crippen LogP contribution in [0.5, 0.6) is 5.75 Å². The van der Waals surface area contributed by atoms with Crippen LogP contribution in [0.15, 0.2) is 36.4 Å². The molecule has 0 aromatic heterocycles. The Kier molecular flexibility index (Phi) is 7.30. The predicted molar refractivity (Wildman–Crippen MR) is 108 cm³/mol. The lowest BCUT2D eigenvalue weighted by molar-refractivity contribution is 0.299. The molecule has 0 amide bonds. The minimum absolute atomic E-state index is 0.107. The minimum Gasteiger partial charge on any atom is -0.493 e. The Bertz CT molecular complexity index is 700. The molecule has 1 aliphatic carbocycles. The van der Waals surface area contributed by atoms with Crippen LogP contribution in [0.3, 0.4) is 0 Å². The first-order chi connectivity index (χ1) is 12.1. The van der Waals surface area contributed by atoms with Gasteiger partial charge in [-0.3, -0.25) is 0 Å². The van der Waals surface area contributed by atoms with E-state index in [1.165, 1.54) is 12.8 Å². The summed E-state index contributed by atoms with van der Waals surface area (Å²) in [6.45, 7) is 9.12. The number of allylic oxidation sites excluding steroid dienone is 2. The van der Waals surface area contributed by atoms with Crippen molar-refractivity contribution in [1.29, 1.82) is 0 Å². The molecule has 0 spiro atoms. The summed E-state index contributed by atoms with van der Waals surface area (Å²) in [5.74, 6) is 1.61. The summed E-state index contributed by atoms with van der Waals surface area (Å²) in [4.78, 5) is 0. The zero-order valence-corrected chi connectivity index (χ0v) is 17.3. The lowest BCUT2D eigenvalue weighted by Crippen LogP contribution is -2.29. The summed E-state index contributed by atoms with van der Waals surface area (Å²) in [5.41, 5.74) is 1.15. The van der Waals surface area contributed by atoms with Crippen molar-refractivity contribution in [1.82, 2.24) is 4.72 Å². The summed E-state index contributed by atoms with van der Waals surface area (Å²) in [6.07, 6.45) is 8.01. The molecule has 2 rings (SSSR count). The van der Waals surface area contributed by atoms with E-state index in [-0.39, 0.29) is 17.2 Å². The Morgan fingerprint density at radius 3 is 2.65 bits per heavy atom. The van der Waals surface area contributed by atoms with Crippen LogP contribution in [0.25, 0.3) is 0 Å². The van der Waals surface area contributed by atoms with Crippen LogP contribution in [0.4, 0.5) is 0 Å². The van der Waals surface area contributed by atoms with Crippen LogP contribution in [0.1, 0.15) is 65.0 Å². The summed E-state index contributed by atoms with van der Waals surface area (Å²) in [7, 11) is -3.32. The van der Waals surface area contributed by atoms with E-state index < -0.39 is 10.0 Å². The van der Waals surface area contributed by atoms with Gasteiger partial charge in [0.2, 0.25) is 10.0 Å². The fraction of sp³-hybridized carbons (Fsp3) is 0.619. The topological polar surface area (TPSA) is 55.4 Å². The van der Waals surface area contributed by atoms with Crippen molar-refractivity contribution in [3.63, 3.8) is 0 Å². The van der Waals surface area contributed by atoms with Crippen LogP contribution in [0.2, 0.25) is 0 Å². The van der Waals surface area contributed by atoms with Crippen molar-refractivity contribution in [3.05, 3.63) is 42.0 Å². The molecule has 1 aromatic rings. The van der Waals surface area contributed by atoms with Gasteiger partial charge in [0.05, 0.1) is 12.4 Å². The number of sulfonamides is 1. The molecule has 1 N–H and O–H groups in total. The summed E-state index contributed by atoms with van der Waals surface area (Å²) in [5, 5.41) is 0. The van der Waals surface area contributed by atoms with Gasteiger partial charge in [0.1, 0.15) is 5.75 Å². The van der Waals surface area contributed by atoms with E-state index in [1.807, 2.05) is 37.3 Å². The van der Waals surface area contributed by atoms with Gasteiger partial charge in [-0.1, -0.05) is 45.1 Å². The first-order valence-corrected chi connectivity index (χ1v) is 11.2. The average molecular weight is 380 g/mol. The molecule has 0 heterocycles. The minimum atomic E-state index is -3.32. The maximum atomic E-state index is 12.3. The molecule has 1 aromatic carbocycles. The Morgan fingerprint density at radius 2 is 2.00 bits per heavy atom. The highest BCUT2D eigenvalue weighted by molar-refractivity contribution is 7.89. The predicted octanol–water partition coefficient (Wildman–Crippen LogP) is 4.84. The standard InChI is InChI=1S/C21H33NO3S/c1-17(19-9-8-10-20(15-19)25-16-18-11-12-18)22-26(23,24)14-7-5-6-13-21(2,3)4/h5-6,8-10,15,17-18,22H,7,11-14,16H2,1-4H3/b6-5+/t17-/m1/s1. The zero-order chi connectivity index (χ0) is 19.2. The van der Waals surface area contributed by atoms with Gasteiger partial charge in [-0.15, -0.1) is 0 Å². The SMILES string of the molecule is C[C@@H](NS(=O)(=O)CC/C=C/CC(C)(C)C)c1cccc(OCC2CC2)c1. The molecule has 0 aliphatic heterocycles. The highest BCUT2D eigenvalue weighted by Crippen LogP contribution is 2.30. The van der Waals surface area contributed by atoms with Gasteiger partial charge >= 0.3 is 0 Å². The van der Waals surface area contributed by atoms with Crippen LogP contribution >= 0.6 is 0 Å². The molecule has 0 unspecified atom stereocenters. The number of rotatable bonds is 10.